The Hall–Kier alpha value is -2.99. The predicted octanol–water partition coefficient (Wildman–Crippen LogP) is 5.44. The molecule has 2 saturated heterocycles. The van der Waals surface area contributed by atoms with Crippen molar-refractivity contribution in [2.24, 2.45) is 0 Å². The van der Waals surface area contributed by atoms with Gasteiger partial charge in [-0.05, 0) is 48.6 Å². The van der Waals surface area contributed by atoms with Gasteiger partial charge in [0.05, 0.1) is 18.8 Å². The van der Waals surface area contributed by atoms with Crippen LogP contribution in [-0.4, -0.2) is 36.1 Å². The molecule has 0 aromatic heterocycles. The second kappa shape index (κ2) is 7.36. The van der Waals surface area contributed by atoms with Crippen LogP contribution >= 0.6 is 0 Å². The van der Waals surface area contributed by atoms with E-state index in [2.05, 4.69) is 5.32 Å². The van der Waals surface area contributed by atoms with E-state index in [1.54, 1.807) is 12.1 Å². The van der Waals surface area contributed by atoms with Crippen molar-refractivity contribution in [1.29, 1.82) is 0 Å². The summed E-state index contributed by atoms with van der Waals surface area (Å²) in [5, 5.41) is 5.04. The van der Waals surface area contributed by atoms with E-state index in [0.717, 1.165) is 28.4 Å². The summed E-state index contributed by atoms with van der Waals surface area (Å²) in [7, 11) is 0. The average molecular weight is 408 g/mol. The largest absolute Gasteiger partial charge is 0.374 e. The molecule has 2 bridgehead atoms. The van der Waals surface area contributed by atoms with Crippen LogP contribution in [0.1, 0.15) is 34.3 Å². The van der Waals surface area contributed by atoms with E-state index in [4.69, 9.17) is 4.74 Å². The van der Waals surface area contributed by atoms with Crippen LogP contribution in [0.5, 0.6) is 0 Å². The lowest BCUT2D eigenvalue weighted by molar-refractivity contribution is 0.0260. The van der Waals surface area contributed by atoms with E-state index < -0.39 is 6.43 Å². The number of hydrogen-bond acceptors (Lipinski definition) is 3. The highest BCUT2D eigenvalue weighted by molar-refractivity contribution is 6.12. The Morgan fingerprint density at radius 2 is 2.00 bits per heavy atom. The van der Waals surface area contributed by atoms with Gasteiger partial charge < -0.3 is 15.0 Å². The van der Waals surface area contributed by atoms with Crippen molar-refractivity contribution in [2.75, 3.05) is 18.5 Å². The third kappa shape index (κ3) is 3.21. The highest BCUT2D eigenvalue weighted by atomic mass is 19.3. The van der Waals surface area contributed by atoms with Crippen molar-refractivity contribution in [1.82, 2.24) is 4.90 Å². The van der Waals surface area contributed by atoms with Crippen molar-refractivity contribution in [3.05, 3.63) is 71.3 Å². The van der Waals surface area contributed by atoms with E-state index in [-0.39, 0.29) is 23.6 Å². The number of halogens is 2. The zero-order chi connectivity index (χ0) is 20.8. The number of benzene rings is 3. The molecule has 6 heteroatoms. The van der Waals surface area contributed by atoms with E-state index >= 15 is 0 Å². The first-order valence-corrected chi connectivity index (χ1v) is 10.1. The molecular formula is C24H22F2N2O2. The van der Waals surface area contributed by atoms with Gasteiger partial charge in [0.25, 0.3) is 12.3 Å². The maximum absolute atomic E-state index is 13.4. The molecule has 5 rings (SSSR count). The first-order valence-electron chi connectivity index (χ1n) is 10.1. The smallest absolute Gasteiger partial charge is 0.263 e. The zero-order valence-corrected chi connectivity index (χ0v) is 16.6. The molecule has 2 aliphatic rings. The Kier molecular flexibility index (Phi) is 4.66. The summed E-state index contributed by atoms with van der Waals surface area (Å²) in [5.74, 6) is 0.0244. The molecule has 0 saturated carbocycles. The summed E-state index contributed by atoms with van der Waals surface area (Å²) < 4.78 is 31.8. The summed E-state index contributed by atoms with van der Waals surface area (Å²) >= 11 is 0. The molecule has 4 nitrogen and oxygen atoms in total. The lowest BCUT2D eigenvalue weighted by Crippen LogP contribution is -2.41. The molecule has 1 amide bonds. The Labute approximate surface area is 173 Å². The molecule has 2 fully saturated rings. The first kappa shape index (κ1) is 19.0. The number of morpholine rings is 1. The lowest BCUT2D eigenvalue weighted by atomic mass is 9.97. The number of fused-ring (bicyclic) bond motifs is 3. The highest BCUT2D eigenvalue weighted by Crippen LogP contribution is 2.35. The quantitative estimate of drug-likeness (QED) is 0.625. The minimum absolute atomic E-state index is 0.0244. The first-order chi connectivity index (χ1) is 14.5. The Balaban J connectivity index is 1.54. The predicted molar refractivity (Wildman–Crippen MR) is 113 cm³/mol. The maximum atomic E-state index is 13.4. The number of ether oxygens (including phenoxy) is 1. The second-order valence-electron chi connectivity index (χ2n) is 8.01. The van der Waals surface area contributed by atoms with Gasteiger partial charge in [-0.2, -0.15) is 0 Å². The molecule has 2 unspecified atom stereocenters. The number of alkyl halides is 2. The summed E-state index contributed by atoms with van der Waals surface area (Å²) in [6.45, 7) is 3.23. The molecule has 0 radical (unpaired) electrons. The van der Waals surface area contributed by atoms with Crippen LogP contribution < -0.4 is 5.32 Å². The van der Waals surface area contributed by atoms with E-state index in [0.29, 0.717) is 24.4 Å². The van der Waals surface area contributed by atoms with Crippen molar-refractivity contribution in [3.8, 4) is 0 Å². The number of carbonyl (C=O) groups is 1. The van der Waals surface area contributed by atoms with Crippen LogP contribution in [-0.2, 0) is 4.74 Å². The molecule has 2 heterocycles. The number of amides is 1. The van der Waals surface area contributed by atoms with E-state index in [1.807, 2.05) is 42.2 Å². The molecule has 2 aliphatic heterocycles. The average Bonchev–Trinajstić information content (AvgIpc) is 3.38. The maximum Gasteiger partial charge on any atom is 0.263 e. The monoisotopic (exact) mass is 408 g/mol. The number of rotatable bonds is 4. The van der Waals surface area contributed by atoms with Crippen molar-refractivity contribution in [2.45, 2.75) is 31.9 Å². The Morgan fingerprint density at radius 1 is 1.17 bits per heavy atom. The van der Waals surface area contributed by atoms with Gasteiger partial charge >= 0.3 is 0 Å². The standard InChI is InChI=1S/C24H22F2N2O2/c1-14-4-2-7-19-21(27-16-6-3-5-15(10-16)23(25)26)9-8-20(22(14)19)24(29)28-12-18-11-17(28)13-30-18/h2-10,17-18,23,27H,11-13H2,1H3. The number of hydrogen-bond donors (Lipinski definition) is 1. The van der Waals surface area contributed by atoms with Crippen LogP contribution in [0.25, 0.3) is 10.8 Å². The molecule has 1 N–H and O–H groups in total. The fourth-order valence-electron chi connectivity index (χ4n) is 4.59. The summed E-state index contributed by atoms with van der Waals surface area (Å²) in [5.41, 5.74) is 3.01. The SMILES string of the molecule is Cc1cccc2c(Nc3cccc(C(F)F)c3)ccc(C(=O)N3CC4CC3CO4)c12. The lowest BCUT2D eigenvalue weighted by Gasteiger charge is -2.28. The van der Waals surface area contributed by atoms with Gasteiger partial charge in [0.1, 0.15) is 0 Å². The van der Waals surface area contributed by atoms with Crippen LogP contribution in [0.4, 0.5) is 20.2 Å². The van der Waals surface area contributed by atoms with Crippen molar-refractivity contribution < 1.29 is 18.3 Å². The van der Waals surface area contributed by atoms with Crippen LogP contribution in [0, 0.1) is 6.92 Å². The number of nitrogens with zero attached hydrogens (tertiary/aromatic N) is 1. The van der Waals surface area contributed by atoms with Gasteiger partial charge in [-0.1, -0.05) is 30.3 Å². The molecule has 0 spiro atoms. The van der Waals surface area contributed by atoms with Gasteiger partial charge in [0, 0.05) is 34.4 Å². The van der Waals surface area contributed by atoms with Crippen molar-refractivity contribution in [3.63, 3.8) is 0 Å². The molecule has 30 heavy (non-hydrogen) atoms. The Bertz CT molecular complexity index is 1130. The molecule has 3 aromatic carbocycles. The summed E-state index contributed by atoms with van der Waals surface area (Å²) in [4.78, 5) is 15.3. The molecule has 3 aromatic rings. The number of carbonyl (C=O) groups excluding carboxylic acids is 1. The highest BCUT2D eigenvalue weighted by Gasteiger charge is 2.42. The molecule has 0 aliphatic carbocycles. The van der Waals surface area contributed by atoms with Gasteiger partial charge in [0.15, 0.2) is 0 Å². The second-order valence-corrected chi connectivity index (χ2v) is 8.01. The van der Waals surface area contributed by atoms with E-state index in [1.165, 1.54) is 12.1 Å². The zero-order valence-electron chi connectivity index (χ0n) is 16.6. The third-order valence-corrected chi connectivity index (χ3v) is 6.06. The number of anilines is 2. The topological polar surface area (TPSA) is 41.6 Å². The number of likely N-dealkylation sites (tertiary alicyclic amines) is 1. The van der Waals surface area contributed by atoms with Gasteiger partial charge in [-0.3, -0.25) is 4.79 Å². The fourth-order valence-corrected chi connectivity index (χ4v) is 4.59. The number of aryl methyl sites for hydroxylation is 1. The van der Waals surface area contributed by atoms with E-state index in [9.17, 15) is 13.6 Å². The van der Waals surface area contributed by atoms with Gasteiger partial charge in [0.2, 0.25) is 0 Å². The van der Waals surface area contributed by atoms with Gasteiger partial charge in [-0.25, -0.2) is 8.78 Å². The molecule has 2 atom stereocenters. The van der Waals surface area contributed by atoms with Crippen molar-refractivity contribution >= 4 is 28.1 Å². The minimum atomic E-state index is -2.52. The molecule has 154 valence electrons. The fraction of sp³-hybridized carbons (Fsp3) is 0.292. The van der Waals surface area contributed by atoms with Crippen LogP contribution in [0.2, 0.25) is 0 Å². The Morgan fingerprint density at radius 3 is 2.73 bits per heavy atom. The van der Waals surface area contributed by atoms with Crippen LogP contribution in [0.15, 0.2) is 54.6 Å². The summed E-state index contributed by atoms with van der Waals surface area (Å²) in [6, 6.07) is 16.0. The minimum Gasteiger partial charge on any atom is -0.374 e. The molecular weight excluding hydrogens is 386 g/mol. The van der Waals surface area contributed by atoms with Crippen LogP contribution in [0.3, 0.4) is 0 Å². The normalized spacial score (nSPS) is 20.3. The van der Waals surface area contributed by atoms with Gasteiger partial charge in [-0.15, -0.1) is 0 Å². The number of nitrogens with one attached hydrogen (secondary N) is 1. The third-order valence-electron chi connectivity index (χ3n) is 6.06. The summed E-state index contributed by atoms with van der Waals surface area (Å²) in [6.07, 6.45) is -1.47.